The SMILES string of the molecule is COc1cc(/C=C2\SC(=Nc3ccccc3F)N(C3CCCCC3)C2=O)cc(Br)c1OCc1ccc(Br)cc1. The Morgan fingerprint density at radius 3 is 2.54 bits per heavy atom. The lowest BCUT2D eigenvalue weighted by Crippen LogP contribution is -2.40. The van der Waals surface area contributed by atoms with E-state index in [1.807, 2.05) is 42.5 Å². The Balaban J connectivity index is 1.44. The van der Waals surface area contributed by atoms with Gasteiger partial charge in [0.2, 0.25) is 0 Å². The van der Waals surface area contributed by atoms with Crippen LogP contribution in [0.2, 0.25) is 0 Å². The van der Waals surface area contributed by atoms with Gasteiger partial charge in [-0.2, -0.15) is 0 Å². The third kappa shape index (κ3) is 6.58. The first-order valence-corrected chi connectivity index (χ1v) is 15.1. The van der Waals surface area contributed by atoms with E-state index in [4.69, 9.17) is 9.47 Å². The molecule has 3 aromatic carbocycles. The lowest BCUT2D eigenvalue weighted by Gasteiger charge is -2.30. The smallest absolute Gasteiger partial charge is 0.267 e. The van der Waals surface area contributed by atoms with E-state index in [9.17, 15) is 9.18 Å². The predicted molar refractivity (Wildman–Crippen MR) is 162 cm³/mol. The minimum Gasteiger partial charge on any atom is -0.493 e. The number of halogens is 3. The molecule has 39 heavy (non-hydrogen) atoms. The van der Waals surface area contributed by atoms with Crippen LogP contribution in [0.25, 0.3) is 6.08 Å². The molecule has 5 nitrogen and oxygen atoms in total. The zero-order chi connectivity index (χ0) is 27.4. The summed E-state index contributed by atoms with van der Waals surface area (Å²) in [4.78, 5) is 20.6. The van der Waals surface area contributed by atoms with Crippen molar-refractivity contribution in [1.82, 2.24) is 4.90 Å². The fourth-order valence-corrected chi connectivity index (χ4v) is 6.61. The molecule has 0 aromatic heterocycles. The Hall–Kier alpha value is -2.62. The molecule has 2 fully saturated rings. The summed E-state index contributed by atoms with van der Waals surface area (Å²) in [5.41, 5.74) is 2.03. The lowest BCUT2D eigenvalue weighted by molar-refractivity contribution is -0.124. The molecule has 3 aromatic rings. The minimum atomic E-state index is -0.411. The summed E-state index contributed by atoms with van der Waals surface area (Å²) >= 11 is 8.35. The Morgan fingerprint density at radius 2 is 1.82 bits per heavy atom. The minimum absolute atomic E-state index is 0.0610. The summed E-state index contributed by atoms with van der Waals surface area (Å²) in [6.07, 6.45) is 6.96. The molecule has 0 radical (unpaired) electrons. The number of hydrogen-bond donors (Lipinski definition) is 0. The average molecular weight is 674 g/mol. The Labute approximate surface area is 248 Å². The highest BCUT2D eigenvalue weighted by atomic mass is 79.9. The third-order valence-electron chi connectivity index (χ3n) is 6.69. The summed E-state index contributed by atoms with van der Waals surface area (Å²) in [6.45, 7) is 0.378. The van der Waals surface area contributed by atoms with Gasteiger partial charge in [-0.25, -0.2) is 9.38 Å². The van der Waals surface area contributed by atoms with Gasteiger partial charge in [-0.05, 0) is 94.1 Å². The molecule has 202 valence electrons. The number of para-hydroxylation sites is 1. The van der Waals surface area contributed by atoms with Gasteiger partial charge in [0.05, 0.1) is 16.5 Å². The van der Waals surface area contributed by atoms with Crippen LogP contribution >= 0.6 is 43.6 Å². The van der Waals surface area contributed by atoms with Crippen LogP contribution < -0.4 is 9.47 Å². The Morgan fingerprint density at radius 1 is 1.08 bits per heavy atom. The number of carbonyl (C=O) groups is 1. The van der Waals surface area contributed by atoms with Gasteiger partial charge in [-0.1, -0.05) is 59.5 Å². The topological polar surface area (TPSA) is 51.1 Å². The summed E-state index contributed by atoms with van der Waals surface area (Å²) < 4.78 is 27.9. The van der Waals surface area contributed by atoms with E-state index in [1.54, 1.807) is 30.2 Å². The first kappa shape index (κ1) is 27.9. The molecule has 1 aliphatic carbocycles. The van der Waals surface area contributed by atoms with Gasteiger partial charge >= 0.3 is 0 Å². The normalized spacial score (nSPS) is 18.3. The molecule has 1 saturated heterocycles. The molecule has 0 atom stereocenters. The molecule has 1 heterocycles. The first-order chi connectivity index (χ1) is 18.9. The van der Waals surface area contributed by atoms with E-state index < -0.39 is 5.82 Å². The summed E-state index contributed by atoms with van der Waals surface area (Å²) in [5, 5.41) is 0.517. The van der Waals surface area contributed by atoms with Crippen molar-refractivity contribution in [2.24, 2.45) is 4.99 Å². The average Bonchev–Trinajstić information content (AvgIpc) is 3.24. The van der Waals surface area contributed by atoms with Gasteiger partial charge in [0, 0.05) is 10.5 Å². The van der Waals surface area contributed by atoms with Crippen LogP contribution in [-0.4, -0.2) is 29.1 Å². The van der Waals surface area contributed by atoms with Gasteiger partial charge < -0.3 is 9.47 Å². The monoisotopic (exact) mass is 672 g/mol. The van der Waals surface area contributed by atoms with E-state index in [2.05, 4.69) is 36.9 Å². The van der Waals surface area contributed by atoms with Crippen molar-refractivity contribution in [1.29, 1.82) is 0 Å². The highest BCUT2D eigenvalue weighted by molar-refractivity contribution is 9.10. The van der Waals surface area contributed by atoms with E-state index in [0.29, 0.717) is 32.7 Å². The quantitative estimate of drug-likeness (QED) is 0.235. The second kappa shape index (κ2) is 12.7. The van der Waals surface area contributed by atoms with Crippen LogP contribution in [0.1, 0.15) is 43.2 Å². The van der Waals surface area contributed by atoms with Crippen LogP contribution in [0.4, 0.5) is 10.1 Å². The lowest BCUT2D eigenvalue weighted by atomic mass is 9.94. The number of amidine groups is 1. The van der Waals surface area contributed by atoms with Crippen molar-refractivity contribution in [3.63, 3.8) is 0 Å². The molecule has 1 saturated carbocycles. The molecule has 9 heteroatoms. The summed E-state index contributed by atoms with van der Waals surface area (Å²) in [5.74, 6) is 0.617. The number of nitrogens with zero attached hydrogens (tertiary/aromatic N) is 2. The van der Waals surface area contributed by atoms with Gasteiger partial charge in [-0.15, -0.1) is 0 Å². The molecule has 0 spiro atoms. The van der Waals surface area contributed by atoms with Crippen molar-refractivity contribution in [2.45, 2.75) is 44.8 Å². The van der Waals surface area contributed by atoms with Crippen LogP contribution in [0.3, 0.4) is 0 Å². The van der Waals surface area contributed by atoms with Crippen molar-refractivity contribution in [3.05, 3.63) is 91.5 Å². The standard InChI is InChI=1S/C30H27Br2FN2O3S/c1-37-26-16-20(15-23(32)28(26)38-18-19-11-13-21(31)14-12-19)17-27-29(36)35(22-7-3-2-4-8-22)30(39-27)34-25-10-6-5-9-24(25)33/h5-6,9-17,22H,2-4,7-8,18H2,1H3/b27-17-,34-30?. The van der Waals surface area contributed by atoms with Gasteiger partial charge in [0.1, 0.15) is 18.1 Å². The number of rotatable bonds is 7. The highest BCUT2D eigenvalue weighted by Gasteiger charge is 2.39. The van der Waals surface area contributed by atoms with Crippen LogP contribution in [-0.2, 0) is 11.4 Å². The maximum Gasteiger partial charge on any atom is 0.267 e. The predicted octanol–water partition coefficient (Wildman–Crippen LogP) is 8.88. The molecule has 2 aliphatic rings. The first-order valence-electron chi connectivity index (χ1n) is 12.7. The number of thioether (sulfide) groups is 1. The number of ether oxygens (including phenoxy) is 2. The Kier molecular flexibility index (Phi) is 9.10. The number of hydrogen-bond acceptors (Lipinski definition) is 5. The van der Waals surface area contributed by atoms with E-state index >= 15 is 0 Å². The van der Waals surface area contributed by atoms with Crippen molar-refractivity contribution in [2.75, 3.05) is 7.11 Å². The molecular formula is C30H27Br2FN2O3S. The zero-order valence-electron chi connectivity index (χ0n) is 21.3. The number of amides is 1. The summed E-state index contributed by atoms with van der Waals surface area (Å²) in [6, 6.07) is 18.1. The van der Waals surface area contributed by atoms with Crippen LogP contribution in [0.5, 0.6) is 11.5 Å². The van der Waals surface area contributed by atoms with E-state index in [0.717, 1.165) is 47.7 Å². The van der Waals surface area contributed by atoms with Gasteiger partial charge in [0.25, 0.3) is 5.91 Å². The molecule has 0 N–H and O–H groups in total. The van der Waals surface area contributed by atoms with E-state index in [1.165, 1.54) is 17.8 Å². The number of aliphatic imine (C=N–C) groups is 1. The maximum absolute atomic E-state index is 14.4. The van der Waals surface area contributed by atoms with Crippen molar-refractivity contribution >= 4 is 66.5 Å². The molecule has 5 rings (SSSR count). The van der Waals surface area contributed by atoms with Crippen LogP contribution in [0, 0.1) is 5.82 Å². The molecule has 1 aliphatic heterocycles. The fraction of sp³-hybridized carbons (Fsp3) is 0.267. The highest BCUT2D eigenvalue weighted by Crippen LogP contribution is 2.41. The van der Waals surface area contributed by atoms with Crippen LogP contribution in [0.15, 0.2) is 79.5 Å². The molecule has 1 amide bonds. The Bertz CT molecular complexity index is 1420. The second-order valence-corrected chi connectivity index (χ2v) is 12.2. The largest absolute Gasteiger partial charge is 0.493 e. The number of benzene rings is 3. The second-order valence-electron chi connectivity index (χ2n) is 9.37. The third-order valence-corrected chi connectivity index (χ3v) is 8.79. The number of carbonyl (C=O) groups excluding carboxylic acids is 1. The summed E-state index contributed by atoms with van der Waals surface area (Å²) in [7, 11) is 1.59. The number of methoxy groups -OCH3 is 1. The van der Waals surface area contributed by atoms with Gasteiger partial charge in [0.15, 0.2) is 16.7 Å². The van der Waals surface area contributed by atoms with Crippen molar-refractivity contribution in [3.8, 4) is 11.5 Å². The fourth-order valence-electron chi connectivity index (χ4n) is 4.72. The maximum atomic E-state index is 14.4. The zero-order valence-corrected chi connectivity index (χ0v) is 25.3. The van der Waals surface area contributed by atoms with Crippen molar-refractivity contribution < 1.29 is 18.7 Å². The van der Waals surface area contributed by atoms with Gasteiger partial charge in [-0.3, -0.25) is 9.69 Å². The molecular weight excluding hydrogens is 647 g/mol. The molecule has 0 unspecified atom stereocenters. The van der Waals surface area contributed by atoms with E-state index in [-0.39, 0.29) is 17.6 Å². The molecule has 0 bridgehead atoms.